The molecule has 1 atom stereocenters. The molecule has 1 unspecified atom stereocenters. The van der Waals surface area contributed by atoms with Gasteiger partial charge in [-0.2, -0.15) is 0 Å². The zero-order valence-corrected chi connectivity index (χ0v) is 11.4. The van der Waals surface area contributed by atoms with Crippen LogP contribution in [0.2, 0.25) is 0 Å². The van der Waals surface area contributed by atoms with Gasteiger partial charge in [0.1, 0.15) is 0 Å². The van der Waals surface area contributed by atoms with E-state index in [0.29, 0.717) is 5.56 Å². The molecule has 0 heterocycles. The number of hydrogen-bond donors (Lipinski definition) is 2. The highest BCUT2D eigenvalue weighted by atomic mass is 32.2. The molecular weight excluding hydrogens is 238 g/mol. The van der Waals surface area contributed by atoms with Gasteiger partial charge in [-0.3, -0.25) is 0 Å². The maximum absolute atomic E-state index is 12.0. The van der Waals surface area contributed by atoms with Gasteiger partial charge in [0.25, 0.3) is 0 Å². The average Bonchev–Trinajstić information content (AvgIpc) is 2.14. The number of aliphatic hydroxyl groups excluding tert-OH is 1. The average molecular weight is 257 g/mol. The molecule has 0 fully saturated rings. The van der Waals surface area contributed by atoms with Crippen LogP contribution >= 0.6 is 0 Å². The van der Waals surface area contributed by atoms with Crippen molar-refractivity contribution in [3.63, 3.8) is 0 Å². The van der Waals surface area contributed by atoms with Gasteiger partial charge in [-0.25, -0.2) is 13.1 Å². The predicted molar refractivity (Wildman–Crippen MR) is 67.2 cm³/mol. The van der Waals surface area contributed by atoms with E-state index in [4.69, 9.17) is 0 Å². The van der Waals surface area contributed by atoms with E-state index in [9.17, 15) is 13.5 Å². The van der Waals surface area contributed by atoms with E-state index in [2.05, 4.69) is 4.72 Å². The van der Waals surface area contributed by atoms with Crippen molar-refractivity contribution in [1.82, 2.24) is 4.72 Å². The molecule has 0 saturated carbocycles. The lowest BCUT2D eigenvalue weighted by molar-refractivity contribution is 0.199. The molecule has 0 aromatic heterocycles. The Bertz CT molecular complexity index is 469. The summed E-state index contributed by atoms with van der Waals surface area (Å²) in [4.78, 5) is 0.205. The molecule has 0 radical (unpaired) electrons. The molecule has 17 heavy (non-hydrogen) atoms. The number of rotatable bonds is 3. The fourth-order valence-corrected chi connectivity index (χ4v) is 2.81. The van der Waals surface area contributed by atoms with Crippen LogP contribution in [0.25, 0.3) is 0 Å². The minimum atomic E-state index is -3.49. The predicted octanol–water partition coefficient (Wildman–Crippen LogP) is 1.82. The summed E-state index contributed by atoms with van der Waals surface area (Å²) in [5.74, 6) is 0. The fraction of sp³-hybridized carbons (Fsp3) is 0.500. The van der Waals surface area contributed by atoms with Crippen LogP contribution in [0.15, 0.2) is 29.2 Å². The van der Waals surface area contributed by atoms with E-state index < -0.39 is 21.7 Å². The second kappa shape index (κ2) is 4.76. The molecule has 4 nitrogen and oxygen atoms in total. The number of benzene rings is 1. The topological polar surface area (TPSA) is 66.4 Å². The summed E-state index contributed by atoms with van der Waals surface area (Å²) in [6.07, 6.45) is -0.595. The Morgan fingerprint density at radius 1 is 1.18 bits per heavy atom. The number of sulfonamides is 1. The quantitative estimate of drug-likeness (QED) is 0.868. The van der Waals surface area contributed by atoms with Crippen molar-refractivity contribution >= 4 is 10.0 Å². The van der Waals surface area contributed by atoms with Gasteiger partial charge in [0.2, 0.25) is 10.0 Å². The maximum atomic E-state index is 12.0. The molecule has 2 N–H and O–H groups in total. The van der Waals surface area contributed by atoms with Gasteiger partial charge in [-0.1, -0.05) is 12.1 Å². The van der Waals surface area contributed by atoms with Gasteiger partial charge in [-0.15, -0.1) is 0 Å². The molecule has 0 aliphatic carbocycles. The van der Waals surface area contributed by atoms with E-state index in [1.54, 1.807) is 39.8 Å². The lowest BCUT2D eigenvalue weighted by Gasteiger charge is -2.20. The monoisotopic (exact) mass is 257 g/mol. The second-order valence-corrected chi connectivity index (χ2v) is 6.78. The van der Waals surface area contributed by atoms with Crippen molar-refractivity contribution in [3.05, 3.63) is 29.8 Å². The van der Waals surface area contributed by atoms with Crippen LogP contribution in [0.5, 0.6) is 0 Å². The Kier molecular flexibility index (Phi) is 3.96. The van der Waals surface area contributed by atoms with Gasteiger partial charge in [0.05, 0.1) is 11.0 Å². The molecule has 0 aliphatic heterocycles. The summed E-state index contributed by atoms with van der Waals surface area (Å²) < 4.78 is 26.5. The lowest BCUT2D eigenvalue weighted by Crippen LogP contribution is -2.40. The van der Waals surface area contributed by atoms with Crippen LogP contribution < -0.4 is 4.72 Å². The van der Waals surface area contributed by atoms with Gasteiger partial charge in [0, 0.05) is 5.54 Å². The largest absolute Gasteiger partial charge is 0.389 e. The van der Waals surface area contributed by atoms with E-state index >= 15 is 0 Å². The summed E-state index contributed by atoms with van der Waals surface area (Å²) in [6.45, 7) is 7.00. The first-order valence-electron chi connectivity index (χ1n) is 5.44. The van der Waals surface area contributed by atoms with Crippen molar-refractivity contribution in [2.75, 3.05) is 0 Å². The molecule has 0 bridgehead atoms. The molecule has 0 spiro atoms. The first-order valence-corrected chi connectivity index (χ1v) is 6.92. The highest BCUT2D eigenvalue weighted by Gasteiger charge is 2.21. The zero-order chi connectivity index (χ0) is 13.3. The molecule has 1 aromatic rings. The molecular formula is C12H19NO3S. The first-order chi connectivity index (χ1) is 7.62. The minimum absolute atomic E-state index is 0.205. The van der Waals surface area contributed by atoms with E-state index in [-0.39, 0.29) is 4.90 Å². The number of hydrogen-bond acceptors (Lipinski definition) is 3. The van der Waals surface area contributed by atoms with E-state index in [1.807, 2.05) is 0 Å². The standard InChI is InChI=1S/C12H19NO3S/c1-9(14)10-5-7-11(8-6-10)17(15,16)13-12(2,3)4/h5-9,13-14H,1-4H3. The third kappa shape index (κ3) is 4.11. The van der Waals surface area contributed by atoms with E-state index in [1.165, 1.54) is 12.1 Å². The smallest absolute Gasteiger partial charge is 0.241 e. The van der Waals surface area contributed by atoms with Crippen molar-refractivity contribution in [2.45, 2.75) is 44.2 Å². The molecule has 96 valence electrons. The molecule has 0 aliphatic rings. The normalized spacial score (nSPS) is 14.6. The lowest BCUT2D eigenvalue weighted by atomic mass is 10.1. The molecule has 1 rings (SSSR count). The van der Waals surface area contributed by atoms with Crippen molar-refractivity contribution < 1.29 is 13.5 Å². The first kappa shape index (κ1) is 14.2. The van der Waals surface area contributed by atoms with Gasteiger partial charge >= 0.3 is 0 Å². The molecule has 1 aromatic carbocycles. The zero-order valence-electron chi connectivity index (χ0n) is 10.6. The second-order valence-electron chi connectivity index (χ2n) is 5.10. The summed E-state index contributed by atoms with van der Waals surface area (Å²) >= 11 is 0. The minimum Gasteiger partial charge on any atom is -0.389 e. The van der Waals surface area contributed by atoms with Crippen molar-refractivity contribution in [1.29, 1.82) is 0 Å². The summed E-state index contributed by atoms with van der Waals surface area (Å²) in [7, 11) is -3.49. The fourth-order valence-electron chi connectivity index (χ4n) is 1.39. The van der Waals surface area contributed by atoms with Crippen LogP contribution in [0.3, 0.4) is 0 Å². The van der Waals surface area contributed by atoms with Gasteiger partial charge in [-0.05, 0) is 45.4 Å². The number of aliphatic hydroxyl groups is 1. The van der Waals surface area contributed by atoms with E-state index in [0.717, 1.165) is 0 Å². The Balaban J connectivity index is 3.01. The number of nitrogens with one attached hydrogen (secondary N) is 1. The molecule has 0 amide bonds. The third-order valence-corrected chi connectivity index (χ3v) is 3.89. The Labute approximate surface area is 103 Å². The van der Waals surface area contributed by atoms with Crippen LogP contribution in [0.1, 0.15) is 39.4 Å². The van der Waals surface area contributed by atoms with Crippen LogP contribution in [-0.4, -0.2) is 19.1 Å². The van der Waals surface area contributed by atoms with Crippen molar-refractivity contribution in [2.24, 2.45) is 0 Å². The summed E-state index contributed by atoms with van der Waals surface area (Å²) in [5.41, 5.74) is 0.182. The SMILES string of the molecule is CC(O)c1ccc(S(=O)(=O)NC(C)(C)C)cc1. The molecule has 5 heteroatoms. The van der Waals surface area contributed by atoms with Gasteiger partial charge in [0.15, 0.2) is 0 Å². The van der Waals surface area contributed by atoms with Crippen molar-refractivity contribution in [3.8, 4) is 0 Å². The Morgan fingerprint density at radius 3 is 2.00 bits per heavy atom. The summed E-state index contributed by atoms with van der Waals surface area (Å²) in [5, 5.41) is 9.34. The summed E-state index contributed by atoms with van der Waals surface area (Å²) in [6, 6.07) is 6.22. The Hall–Kier alpha value is -0.910. The maximum Gasteiger partial charge on any atom is 0.241 e. The Morgan fingerprint density at radius 2 is 1.65 bits per heavy atom. The highest BCUT2D eigenvalue weighted by Crippen LogP contribution is 2.17. The molecule has 0 saturated heterocycles. The van der Waals surface area contributed by atoms with Crippen LogP contribution in [-0.2, 0) is 10.0 Å². The van der Waals surface area contributed by atoms with Gasteiger partial charge < -0.3 is 5.11 Å². The highest BCUT2D eigenvalue weighted by molar-refractivity contribution is 7.89. The van der Waals surface area contributed by atoms with Crippen LogP contribution in [0.4, 0.5) is 0 Å². The van der Waals surface area contributed by atoms with Crippen LogP contribution in [0, 0.1) is 0 Å². The third-order valence-electron chi connectivity index (χ3n) is 2.11.